The summed E-state index contributed by atoms with van der Waals surface area (Å²) in [7, 11) is 2.55. The third-order valence-corrected chi connectivity index (χ3v) is 3.73. The zero-order valence-electron chi connectivity index (χ0n) is 15.2. The number of para-hydroxylation sites is 2. The first kappa shape index (κ1) is 20.2. The summed E-state index contributed by atoms with van der Waals surface area (Å²) >= 11 is 5.34. The van der Waals surface area contributed by atoms with Gasteiger partial charge in [-0.15, -0.1) is 0 Å². The second kappa shape index (κ2) is 9.54. The molecule has 0 heterocycles. The van der Waals surface area contributed by atoms with Crippen molar-refractivity contribution >= 4 is 40.6 Å². The van der Waals surface area contributed by atoms with Crippen LogP contribution in [0.5, 0.6) is 5.75 Å². The second-order valence-corrected chi connectivity index (χ2v) is 5.66. The highest BCUT2D eigenvalue weighted by Gasteiger charge is 2.17. The van der Waals surface area contributed by atoms with Crippen LogP contribution in [0.25, 0.3) is 0 Å². The summed E-state index contributed by atoms with van der Waals surface area (Å²) < 4.78 is 15.0. The van der Waals surface area contributed by atoms with E-state index >= 15 is 0 Å². The molecule has 8 heteroatoms. The molecule has 27 heavy (non-hydrogen) atoms. The van der Waals surface area contributed by atoms with Gasteiger partial charge in [-0.3, -0.25) is 0 Å². The fourth-order valence-electron chi connectivity index (χ4n) is 2.31. The van der Waals surface area contributed by atoms with Crippen molar-refractivity contribution in [2.24, 2.45) is 0 Å². The molecule has 0 aromatic heterocycles. The van der Waals surface area contributed by atoms with Gasteiger partial charge < -0.3 is 24.8 Å². The maximum atomic E-state index is 12.0. The van der Waals surface area contributed by atoms with Crippen molar-refractivity contribution in [3.63, 3.8) is 0 Å². The summed E-state index contributed by atoms with van der Waals surface area (Å²) in [5, 5.41) is 6.15. The largest absolute Gasteiger partial charge is 0.492 e. The van der Waals surface area contributed by atoms with Crippen LogP contribution < -0.4 is 15.4 Å². The van der Waals surface area contributed by atoms with Gasteiger partial charge in [0.2, 0.25) is 0 Å². The Balaban J connectivity index is 2.27. The topological polar surface area (TPSA) is 85.9 Å². The molecule has 0 atom stereocenters. The highest BCUT2D eigenvalue weighted by molar-refractivity contribution is 7.80. The predicted molar refractivity (Wildman–Crippen MR) is 107 cm³/mol. The summed E-state index contributed by atoms with van der Waals surface area (Å²) in [6.07, 6.45) is 0. The lowest BCUT2D eigenvalue weighted by molar-refractivity contribution is 0.0587. The van der Waals surface area contributed by atoms with Crippen LogP contribution in [0.4, 0.5) is 11.4 Å². The van der Waals surface area contributed by atoms with Gasteiger partial charge in [0, 0.05) is 0 Å². The van der Waals surface area contributed by atoms with Crippen LogP contribution in [0.1, 0.15) is 27.6 Å². The molecule has 0 aliphatic rings. The van der Waals surface area contributed by atoms with Gasteiger partial charge >= 0.3 is 11.9 Å². The van der Waals surface area contributed by atoms with E-state index in [2.05, 4.69) is 10.6 Å². The van der Waals surface area contributed by atoms with Gasteiger partial charge in [-0.05, 0) is 49.5 Å². The summed E-state index contributed by atoms with van der Waals surface area (Å²) in [5.74, 6) is -0.456. The van der Waals surface area contributed by atoms with E-state index in [9.17, 15) is 9.59 Å². The zero-order valence-corrected chi connectivity index (χ0v) is 16.0. The lowest BCUT2D eigenvalue weighted by atomic mass is 10.1. The maximum Gasteiger partial charge on any atom is 0.339 e. The third-order valence-electron chi connectivity index (χ3n) is 3.53. The number of benzene rings is 2. The summed E-state index contributed by atoms with van der Waals surface area (Å²) in [4.78, 5) is 23.8. The number of nitrogens with one attached hydrogen (secondary N) is 2. The Morgan fingerprint density at radius 1 is 0.963 bits per heavy atom. The van der Waals surface area contributed by atoms with Gasteiger partial charge in [-0.2, -0.15) is 0 Å². The normalized spacial score (nSPS) is 9.89. The molecule has 0 spiro atoms. The molecule has 0 bridgehead atoms. The van der Waals surface area contributed by atoms with Crippen molar-refractivity contribution in [3.8, 4) is 5.75 Å². The van der Waals surface area contributed by atoms with Crippen LogP contribution in [0.2, 0.25) is 0 Å². The molecular weight excluding hydrogens is 368 g/mol. The maximum absolute atomic E-state index is 12.0. The van der Waals surface area contributed by atoms with Crippen LogP contribution in [-0.4, -0.2) is 37.9 Å². The molecule has 7 nitrogen and oxygen atoms in total. The molecule has 0 radical (unpaired) electrons. The lowest BCUT2D eigenvalue weighted by Crippen LogP contribution is -2.22. The quantitative estimate of drug-likeness (QED) is 0.575. The highest BCUT2D eigenvalue weighted by Crippen LogP contribution is 2.25. The Kier molecular flexibility index (Phi) is 7.13. The van der Waals surface area contributed by atoms with Crippen LogP contribution in [0, 0.1) is 0 Å². The Bertz CT molecular complexity index is 854. The van der Waals surface area contributed by atoms with Gasteiger partial charge in [-0.25, -0.2) is 9.59 Å². The summed E-state index contributed by atoms with van der Waals surface area (Å²) in [6.45, 7) is 2.39. The van der Waals surface area contributed by atoms with Crippen LogP contribution in [-0.2, 0) is 9.47 Å². The number of esters is 2. The van der Waals surface area contributed by atoms with Crippen LogP contribution in [0.15, 0.2) is 42.5 Å². The van der Waals surface area contributed by atoms with Crippen molar-refractivity contribution in [3.05, 3.63) is 53.6 Å². The summed E-state index contributed by atoms with van der Waals surface area (Å²) in [6, 6.07) is 11.7. The molecule has 2 rings (SSSR count). The van der Waals surface area contributed by atoms with Gasteiger partial charge in [-0.1, -0.05) is 12.1 Å². The van der Waals surface area contributed by atoms with E-state index in [1.54, 1.807) is 0 Å². The number of rotatable bonds is 6. The van der Waals surface area contributed by atoms with Crippen molar-refractivity contribution in [1.29, 1.82) is 0 Å². The number of ether oxygens (including phenoxy) is 3. The molecule has 0 amide bonds. The molecule has 2 aromatic rings. The Morgan fingerprint density at radius 2 is 1.63 bits per heavy atom. The summed E-state index contributed by atoms with van der Waals surface area (Å²) in [5.41, 5.74) is 1.48. The molecular formula is C19H20N2O5S. The van der Waals surface area contributed by atoms with Gasteiger partial charge in [0.1, 0.15) is 5.75 Å². The minimum absolute atomic E-state index is 0.217. The van der Waals surface area contributed by atoms with E-state index in [0.717, 1.165) is 0 Å². The first-order valence-corrected chi connectivity index (χ1v) is 8.51. The standard InChI is InChI=1S/C19H20N2O5S/c1-4-26-16-8-6-5-7-14(16)20-19(27)21-15-11-12(17(22)24-2)9-10-13(15)18(23)25-3/h5-11H,4H2,1-3H3,(H2,20,21,27). The average molecular weight is 388 g/mol. The number of anilines is 2. The number of hydrogen-bond donors (Lipinski definition) is 2. The Labute approximate surface area is 162 Å². The molecule has 2 aromatic carbocycles. The number of carbonyl (C=O) groups excluding carboxylic acids is 2. The molecule has 2 N–H and O–H groups in total. The number of thiocarbonyl (C=S) groups is 1. The number of carbonyl (C=O) groups is 2. The smallest absolute Gasteiger partial charge is 0.339 e. The minimum atomic E-state index is -0.563. The average Bonchev–Trinajstić information content (AvgIpc) is 2.68. The van der Waals surface area contributed by atoms with Crippen LogP contribution >= 0.6 is 12.2 Å². The monoisotopic (exact) mass is 388 g/mol. The van der Waals surface area contributed by atoms with E-state index in [-0.39, 0.29) is 16.2 Å². The molecule has 0 unspecified atom stereocenters. The number of methoxy groups -OCH3 is 2. The SMILES string of the molecule is CCOc1ccccc1NC(=S)Nc1cc(C(=O)OC)ccc1C(=O)OC. The lowest BCUT2D eigenvalue weighted by Gasteiger charge is -2.16. The van der Waals surface area contributed by atoms with Crippen LogP contribution in [0.3, 0.4) is 0 Å². The van der Waals surface area contributed by atoms with E-state index < -0.39 is 11.9 Å². The van der Waals surface area contributed by atoms with Crippen molar-refractivity contribution < 1.29 is 23.8 Å². The number of hydrogen-bond acceptors (Lipinski definition) is 6. The van der Waals surface area contributed by atoms with E-state index in [4.69, 9.17) is 26.4 Å². The second-order valence-electron chi connectivity index (χ2n) is 5.25. The molecule has 0 saturated heterocycles. The highest BCUT2D eigenvalue weighted by atomic mass is 32.1. The van der Waals surface area contributed by atoms with E-state index in [0.29, 0.717) is 23.7 Å². The van der Waals surface area contributed by atoms with E-state index in [1.165, 1.54) is 32.4 Å². The zero-order chi connectivity index (χ0) is 19.8. The minimum Gasteiger partial charge on any atom is -0.492 e. The molecule has 0 aliphatic carbocycles. The third kappa shape index (κ3) is 5.18. The Hall–Kier alpha value is -3.13. The first-order valence-electron chi connectivity index (χ1n) is 8.10. The molecule has 0 aliphatic heterocycles. The van der Waals surface area contributed by atoms with Gasteiger partial charge in [0.25, 0.3) is 0 Å². The molecule has 0 fully saturated rings. The van der Waals surface area contributed by atoms with Gasteiger partial charge in [0.05, 0.1) is 43.3 Å². The van der Waals surface area contributed by atoms with Crippen molar-refractivity contribution in [1.82, 2.24) is 0 Å². The molecule has 0 saturated carbocycles. The Morgan fingerprint density at radius 3 is 2.30 bits per heavy atom. The van der Waals surface area contributed by atoms with Gasteiger partial charge in [0.15, 0.2) is 5.11 Å². The fourth-order valence-corrected chi connectivity index (χ4v) is 2.53. The first-order chi connectivity index (χ1) is 13.0. The van der Waals surface area contributed by atoms with E-state index in [1.807, 2.05) is 31.2 Å². The van der Waals surface area contributed by atoms with Crippen molar-refractivity contribution in [2.45, 2.75) is 6.92 Å². The van der Waals surface area contributed by atoms with Crippen molar-refractivity contribution in [2.75, 3.05) is 31.5 Å². The predicted octanol–water partition coefficient (Wildman–Crippen LogP) is 3.47. The fraction of sp³-hybridized carbons (Fsp3) is 0.211. The molecule has 142 valence electrons.